The number of nitro groups is 2. The second-order valence-corrected chi connectivity index (χ2v) is 4.71. The third kappa shape index (κ3) is 4.42. The molecule has 2 rings (SSSR count). The standard InChI is InChI=1S/C15H13N3O5/c19-15(12-3-7-14(8-4-12)18(22)23)10-16-9-11-1-5-13(6-2-11)17(20)21/h1-9,15,19H,10H2/t15-/m0/s1. The van der Waals surface area contributed by atoms with Crippen LogP contribution < -0.4 is 0 Å². The van der Waals surface area contributed by atoms with Crippen molar-refractivity contribution in [2.75, 3.05) is 6.54 Å². The lowest BCUT2D eigenvalue weighted by molar-refractivity contribution is -0.385. The van der Waals surface area contributed by atoms with E-state index in [-0.39, 0.29) is 17.9 Å². The van der Waals surface area contributed by atoms with E-state index in [1.165, 1.54) is 42.6 Å². The van der Waals surface area contributed by atoms with Gasteiger partial charge in [0.1, 0.15) is 0 Å². The molecule has 2 aromatic carbocycles. The fraction of sp³-hybridized carbons (Fsp3) is 0.133. The van der Waals surface area contributed by atoms with Crippen molar-refractivity contribution in [2.24, 2.45) is 4.99 Å². The van der Waals surface area contributed by atoms with Crippen LogP contribution in [0.25, 0.3) is 0 Å². The summed E-state index contributed by atoms with van der Waals surface area (Å²) in [5.74, 6) is 0. The highest BCUT2D eigenvalue weighted by molar-refractivity contribution is 5.79. The Kier molecular flexibility index (Phi) is 5.11. The second kappa shape index (κ2) is 7.23. The van der Waals surface area contributed by atoms with E-state index in [4.69, 9.17) is 0 Å². The van der Waals surface area contributed by atoms with Gasteiger partial charge in [-0.3, -0.25) is 25.2 Å². The maximum absolute atomic E-state index is 10.6. The molecule has 0 aliphatic heterocycles. The van der Waals surface area contributed by atoms with Gasteiger partial charge in [-0.1, -0.05) is 0 Å². The van der Waals surface area contributed by atoms with Crippen LogP contribution in [0.4, 0.5) is 11.4 Å². The number of rotatable bonds is 6. The van der Waals surface area contributed by atoms with Gasteiger partial charge in [0.2, 0.25) is 0 Å². The third-order valence-corrected chi connectivity index (χ3v) is 3.11. The third-order valence-electron chi connectivity index (χ3n) is 3.11. The smallest absolute Gasteiger partial charge is 0.269 e. The van der Waals surface area contributed by atoms with Crippen molar-refractivity contribution in [1.29, 1.82) is 0 Å². The monoisotopic (exact) mass is 315 g/mol. The topological polar surface area (TPSA) is 119 Å². The van der Waals surface area contributed by atoms with Gasteiger partial charge in [-0.05, 0) is 35.4 Å². The molecule has 2 aromatic rings. The van der Waals surface area contributed by atoms with E-state index < -0.39 is 16.0 Å². The van der Waals surface area contributed by atoms with Gasteiger partial charge in [-0.15, -0.1) is 0 Å². The Morgan fingerprint density at radius 1 is 0.957 bits per heavy atom. The molecule has 0 aliphatic rings. The molecule has 0 spiro atoms. The molecule has 1 atom stereocenters. The summed E-state index contributed by atoms with van der Waals surface area (Å²) in [5, 5.41) is 31.1. The molecule has 0 heterocycles. The summed E-state index contributed by atoms with van der Waals surface area (Å²) in [7, 11) is 0. The molecule has 8 nitrogen and oxygen atoms in total. The van der Waals surface area contributed by atoms with E-state index in [2.05, 4.69) is 4.99 Å². The van der Waals surface area contributed by atoms with Crippen molar-refractivity contribution in [3.05, 3.63) is 79.9 Å². The van der Waals surface area contributed by atoms with Crippen LogP contribution in [0.5, 0.6) is 0 Å². The second-order valence-electron chi connectivity index (χ2n) is 4.71. The number of aliphatic imine (C=N–C) groups is 1. The van der Waals surface area contributed by atoms with Gasteiger partial charge in [0.05, 0.1) is 22.5 Å². The van der Waals surface area contributed by atoms with Crippen molar-refractivity contribution in [3.8, 4) is 0 Å². The summed E-state index contributed by atoms with van der Waals surface area (Å²) in [4.78, 5) is 24.2. The Labute approximate surface area is 131 Å². The molecule has 0 unspecified atom stereocenters. The van der Waals surface area contributed by atoms with Crippen LogP contribution >= 0.6 is 0 Å². The molecule has 0 saturated carbocycles. The van der Waals surface area contributed by atoms with Crippen LogP contribution in [0.1, 0.15) is 17.2 Å². The van der Waals surface area contributed by atoms with Gasteiger partial charge in [0.25, 0.3) is 11.4 Å². The molecule has 0 amide bonds. The van der Waals surface area contributed by atoms with E-state index >= 15 is 0 Å². The highest BCUT2D eigenvalue weighted by atomic mass is 16.6. The molecule has 8 heteroatoms. The Balaban J connectivity index is 1.96. The lowest BCUT2D eigenvalue weighted by Crippen LogP contribution is -2.02. The zero-order chi connectivity index (χ0) is 16.8. The highest BCUT2D eigenvalue weighted by Crippen LogP contribution is 2.18. The molecule has 118 valence electrons. The fourth-order valence-corrected chi connectivity index (χ4v) is 1.86. The Morgan fingerprint density at radius 2 is 1.43 bits per heavy atom. The highest BCUT2D eigenvalue weighted by Gasteiger charge is 2.09. The summed E-state index contributed by atoms with van der Waals surface area (Å²) < 4.78 is 0. The Morgan fingerprint density at radius 3 is 1.91 bits per heavy atom. The average Bonchev–Trinajstić information content (AvgIpc) is 2.55. The first kappa shape index (κ1) is 16.2. The predicted octanol–water partition coefficient (Wildman–Crippen LogP) is 2.66. The number of aliphatic hydroxyl groups excluding tert-OH is 1. The largest absolute Gasteiger partial charge is 0.386 e. The minimum absolute atomic E-state index is 0.00642. The molecule has 0 fully saturated rings. The predicted molar refractivity (Wildman–Crippen MR) is 83.6 cm³/mol. The quantitative estimate of drug-likeness (QED) is 0.499. The molecular weight excluding hydrogens is 302 g/mol. The number of aliphatic hydroxyl groups is 1. The van der Waals surface area contributed by atoms with Crippen molar-refractivity contribution >= 4 is 17.6 Å². The SMILES string of the molecule is O=[N+]([O-])c1ccc(C=NC[C@H](O)c2ccc([N+](=O)[O-])cc2)cc1. The number of hydrogen-bond acceptors (Lipinski definition) is 6. The van der Waals surface area contributed by atoms with Crippen molar-refractivity contribution < 1.29 is 15.0 Å². The van der Waals surface area contributed by atoms with Gasteiger partial charge in [-0.2, -0.15) is 0 Å². The molecule has 0 radical (unpaired) electrons. The maximum atomic E-state index is 10.6. The van der Waals surface area contributed by atoms with Crippen molar-refractivity contribution in [2.45, 2.75) is 6.10 Å². The molecule has 0 bridgehead atoms. The fourth-order valence-electron chi connectivity index (χ4n) is 1.86. The van der Waals surface area contributed by atoms with Crippen LogP contribution in [-0.2, 0) is 0 Å². The van der Waals surface area contributed by atoms with E-state index in [0.717, 1.165) is 0 Å². The van der Waals surface area contributed by atoms with Gasteiger partial charge >= 0.3 is 0 Å². The van der Waals surface area contributed by atoms with E-state index in [1.807, 2.05) is 0 Å². The average molecular weight is 315 g/mol. The minimum Gasteiger partial charge on any atom is -0.386 e. The number of nitro benzene ring substituents is 2. The number of nitrogens with zero attached hydrogens (tertiary/aromatic N) is 3. The summed E-state index contributed by atoms with van der Waals surface area (Å²) >= 11 is 0. The normalized spacial score (nSPS) is 12.2. The zero-order valence-electron chi connectivity index (χ0n) is 11.9. The van der Waals surface area contributed by atoms with Crippen LogP contribution in [0.2, 0.25) is 0 Å². The molecule has 0 aliphatic carbocycles. The minimum atomic E-state index is -0.884. The number of benzene rings is 2. The number of hydrogen-bond donors (Lipinski definition) is 1. The van der Waals surface area contributed by atoms with Crippen molar-refractivity contribution in [3.63, 3.8) is 0 Å². The summed E-state index contributed by atoms with van der Waals surface area (Å²) in [6.45, 7) is 0.0782. The number of non-ortho nitro benzene ring substituents is 2. The molecule has 23 heavy (non-hydrogen) atoms. The molecule has 0 saturated heterocycles. The van der Waals surface area contributed by atoms with Crippen molar-refractivity contribution in [1.82, 2.24) is 0 Å². The maximum Gasteiger partial charge on any atom is 0.269 e. The lowest BCUT2D eigenvalue weighted by atomic mass is 10.1. The lowest BCUT2D eigenvalue weighted by Gasteiger charge is -2.07. The molecule has 0 aromatic heterocycles. The van der Waals surface area contributed by atoms with E-state index in [9.17, 15) is 25.3 Å². The van der Waals surface area contributed by atoms with Gasteiger partial charge < -0.3 is 5.11 Å². The Bertz CT molecular complexity index is 726. The van der Waals surface area contributed by atoms with Crippen LogP contribution in [0, 0.1) is 20.2 Å². The zero-order valence-corrected chi connectivity index (χ0v) is 11.9. The summed E-state index contributed by atoms with van der Waals surface area (Å²) in [6, 6.07) is 11.4. The van der Waals surface area contributed by atoms with E-state index in [1.54, 1.807) is 12.1 Å². The summed E-state index contributed by atoms with van der Waals surface area (Å²) in [5.41, 5.74) is 1.14. The van der Waals surface area contributed by atoms with Gasteiger partial charge in [-0.25, -0.2) is 0 Å². The first-order valence-electron chi connectivity index (χ1n) is 6.64. The Hall–Kier alpha value is -3.13. The van der Waals surface area contributed by atoms with E-state index in [0.29, 0.717) is 11.1 Å². The van der Waals surface area contributed by atoms with Crippen LogP contribution in [0.3, 0.4) is 0 Å². The van der Waals surface area contributed by atoms with Crippen LogP contribution in [0.15, 0.2) is 53.5 Å². The van der Waals surface area contributed by atoms with Gasteiger partial charge in [0, 0.05) is 30.5 Å². The van der Waals surface area contributed by atoms with Gasteiger partial charge in [0.15, 0.2) is 0 Å². The summed E-state index contributed by atoms with van der Waals surface area (Å²) in [6.07, 6.45) is 0.614. The molecular formula is C15H13N3O5. The first-order chi connectivity index (χ1) is 11.0. The molecule has 1 N–H and O–H groups in total. The first-order valence-corrected chi connectivity index (χ1v) is 6.64. The van der Waals surface area contributed by atoms with Crippen LogP contribution in [-0.4, -0.2) is 27.7 Å².